The number of benzene rings is 1. The molecule has 1 unspecified atom stereocenters. The van der Waals surface area contributed by atoms with Crippen molar-refractivity contribution in [2.24, 2.45) is 0 Å². The van der Waals surface area contributed by atoms with E-state index in [4.69, 9.17) is 9.47 Å². The van der Waals surface area contributed by atoms with Gasteiger partial charge >= 0.3 is 0 Å². The van der Waals surface area contributed by atoms with E-state index in [0.717, 1.165) is 30.8 Å². The van der Waals surface area contributed by atoms with Crippen molar-refractivity contribution >= 4 is 11.3 Å². The summed E-state index contributed by atoms with van der Waals surface area (Å²) in [5.41, 5.74) is 4.13. The molecule has 0 spiro atoms. The molecule has 0 amide bonds. The molecule has 156 valence electrons. The van der Waals surface area contributed by atoms with Gasteiger partial charge in [0.25, 0.3) is 0 Å². The largest absolute Gasteiger partial charge is 0.493 e. The van der Waals surface area contributed by atoms with Crippen LogP contribution in [0.4, 0.5) is 0 Å². The monoisotopic (exact) mass is 407 g/mol. The molecule has 0 saturated heterocycles. The van der Waals surface area contributed by atoms with Crippen molar-refractivity contribution in [2.45, 2.75) is 45.9 Å². The number of thiazole rings is 1. The number of hydrogen-bond donors (Lipinski definition) is 2. The number of hydrogen-bond acceptors (Lipinski definition) is 7. The molecule has 0 fully saturated rings. The summed E-state index contributed by atoms with van der Waals surface area (Å²) in [6, 6.07) is 6.29. The second kappa shape index (κ2) is 11.4. The van der Waals surface area contributed by atoms with E-state index in [0.29, 0.717) is 24.1 Å². The van der Waals surface area contributed by atoms with Crippen molar-refractivity contribution in [1.82, 2.24) is 15.2 Å². The first-order valence-electron chi connectivity index (χ1n) is 9.68. The van der Waals surface area contributed by atoms with Gasteiger partial charge in [-0.25, -0.2) is 4.98 Å². The van der Waals surface area contributed by atoms with Gasteiger partial charge in [-0.1, -0.05) is 6.07 Å². The predicted octanol–water partition coefficient (Wildman–Crippen LogP) is 2.87. The molecule has 0 saturated carbocycles. The van der Waals surface area contributed by atoms with Crippen LogP contribution in [0.3, 0.4) is 0 Å². The minimum Gasteiger partial charge on any atom is -0.493 e. The van der Waals surface area contributed by atoms with E-state index >= 15 is 0 Å². The van der Waals surface area contributed by atoms with Crippen molar-refractivity contribution in [1.29, 1.82) is 0 Å². The molecule has 6 nitrogen and oxygen atoms in total. The highest BCUT2D eigenvalue weighted by molar-refractivity contribution is 7.09. The van der Waals surface area contributed by atoms with E-state index in [1.165, 1.54) is 4.88 Å². The van der Waals surface area contributed by atoms with E-state index < -0.39 is 6.10 Å². The highest BCUT2D eigenvalue weighted by atomic mass is 32.1. The normalized spacial score (nSPS) is 12.6. The molecule has 1 atom stereocenters. The summed E-state index contributed by atoms with van der Waals surface area (Å²) in [6.07, 6.45) is 0.424. The summed E-state index contributed by atoms with van der Waals surface area (Å²) < 4.78 is 11.3. The van der Waals surface area contributed by atoms with E-state index in [1.807, 2.05) is 37.7 Å². The molecule has 0 radical (unpaired) electrons. The lowest BCUT2D eigenvalue weighted by atomic mass is 10.2. The lowest BCUT2D eigenvalue weighted by Gasteiger charge is -2.24. The Kier molecular flexibility index (Phi) is 9.18. The lowest BCUT2D eigenvalue weighted by molar-refractivity contribution is 0.0668. The SMILES string of the molecule is COc1ccc(CNCCc2scnc2C)cc1OCC(O)CN(C)C(C)C. The molecule has 1 aromatic heterocycles. The molecule has 1 aromatic carbocycles. The fourth-order valence-electron chi connectivity index (χ4n) is 2.73. The highest BCUT2D eigenvalue weighted by Gasteiger charge is 2.13. The molecule has 0 aliphatic heterocycles. The topological polar surface area (TPSA) is 66.8 Å². The van der Waals surface area contributed by atoms with Gasteiger partial charge in [0.1, 0.15) is 12.7 Å². The van der Waals surface area contributed by atoms with Gasteiger partial charge in [0, 0.05) is 30.6 Å². The fourth-order valence-corrected chi connectivity index (χ4v) is 3.51. The van der Waals surface area contributed by atoms with Gasteiger partial charge in [-0.15, -0.1) is 11.3 Å². The number of likely N-dealkylation sites (N-methyl/N-ethyl adjacent to an activating group) is 1. The lowest BCUT2D eigenvalue weighted by Crippen LogP contribution is -2.37. The molecule has 2 rings (SSSR count). The average Bonchev–Trinajstić information content (AvgIpc) is 3.08. The molecule has 7 heteroatoms. The minimum atomic E-state index is -0.554. The number of rotatable bonds is 12. The maximum Gasteiger partial charge on any atom is 0.161 e. The Morgan fingerprint density at radius 3 is 2.71 bits per heavy atom. The molecular formula is C21H33N3O3S. The van der Waals surface area contributed by atoms with E-state index in [9.17, 15) is 5.11 Å². The van der Waals surface area contributed by atoms with Crippen molar-refractivity contribution in [2.75, 3.05) is 33.9 Å². The number of nitrogens with zero attached hydrogens (tertiary/aromatic N) is 2. The Labute approximate surface area is 172 Å². The van der Waals surface area contributed by atoms with Gasteiger partial charge in [-0.2, -0.15) is 0 Å². The first-order chi connectivity index (χ1) is 13.4. The number of aryl methyl sites for hydroxylation is 1. The van der Waals surface area contributed by atoms with Gasteiger partial charge in [0.15, 0.2) is 11.5 Å². The Hall–Kier alpha value is -1.67. The standard InChI is InChI=1S/C21H33N3O3S/c1-15(2)24(4)12-18(25)13-27-20-10-17(6-7-19(20)26-5)11-22-9-8-21-16(3)23-14-28-21/h6-7,10,14-15,18,22,25H,8-9,11-13H2,1-5H3. The summed E-state index contributed by atoms with van der Waals surface area (Å²) in [5, 5.41) is 13.7. The van der Waals surface area contributed by atoms with E-state index in [-0.39, 0.29) is 6.61 Å². The zero-order valence-corrected chi connectivity index (χ0v) is 18.4. The Morgan fingerprint density at radius 1 is 1.29 bits per heavy atom. The van der Waals surface area contributed by atoms with Crippen LogP contribution in [-0.4, -0.2) is 61.0 Å². The number of ether oxygens (including phenoxy) is 2. The van der Waals surface area contributed by atoms with E-state index in [1.54, 1.807) is 18.4 Å². The molecule has 0 aliphatic rings. The van der Waals surface area contributed by atoms with Gasteiger partial charge < -0.3 is 24.8 Å². The number of nitrogens with one attached hydrogen (secondary N) is 1. The summed E-state index contributed by atoms with van der Waals surface area (Å²) in [4.78, 5) is 7.70. The molecule has 0 aliphatic carbocycles. The van der Waals surface area contributed by atoms with Gasteiger partial charge in [-0.05, 0) is 51.9 Å². The second-order valence-electron chi connectivity index (χ2n) is 7.27. The Balaban J connectivity index is 1.85. The number of aliphatic hydroxyl groups excluding tert-OH is 1. The zero-order valence-electron chi connectivity index (χ0n) is 17.6. The summed E-state index contributed by atoms with van der Waals surface area (Å²) >= 11 is 1.70. The predicted molar refractivity (Wildman–Crippen MR) is 115 cm³/mol. The quantitative estimate of drug-likeness (QED) is 0.528. The maximum atomic E-state index is 10.2. The first-order valence-corrected chi connectivity index (χ1v) is 10.6. The van der Waals surface area contributed by atoms with Gasteiger partial charge in [-0.3, -0.25) is 0 Å². The minimum absolute atomic E-state index is 0.231. The summed E-state index contributed by atoms with van der Waals surface area (Å²) in [6.45, 7) is 8.69. The van der Waals surface area contributed by atoms with Crippen molar-refractivity contribution in [3.63, 3.8) is 0 Å². The number of methoxy groups -OCH3 is 1. The second-order valence-corrected chi connectivity index (χ2v) is 8.21. The van der Waals surface area contributed by atoms with E-state index in [2.05, 4.69) is 29.0 Å². The highest BCUT2D eigenvalue weighted by Crippen LogP contribution is 2.28. The van der Waals surface area contributed by atoms with Crippen LogP contribution in [-0.2, 0) is 13.0 Å². The van der Waals surface area contributed by atoms with Crippen molar-refractivity contribution in [3.8, 4) is 11.5 Å². The van der Waals surface area contributed by atoms with Crippen LogP contribution in [0, 0.1) is 6.92 Å². The van der Waals surface area contributed by atoms with Crippen LogP contribution < -0.4 is 14.8 Å². The van der Waals surface area contributed by atoms with Crippen LogP contribution >= 0.6 is 11.3 Å². The van der Waals surface area contributed by atoms with Crippen molar-refractivity contribution in [3.05, 3.63) is 39.8 Å². The Bertz CT molecular complexity index is 721. The van der Waals surface area contributed by atoms with Gasteiger partial charge in [0.05, 0.1) is 18.3 Å². The molecule has 1 heterocycles. The van der Waals surface area contributed by atoms with Crippen LogP contribution in [0.5, 0.6) is 11.5 Å². The zero-order chi connectivity index (χ0) is 20.5. The molecule has 2 N–H and O–H groups in total. The molecule has 0 bridgehead atoms. The molecule has 2 aromatic rings. The summed E-state index contributed by atoms with van der Waals surface area (Å²) in [7, 11) is 3.62. The third-order valence-corrected chi connectivity index (χ3v) is 5.74. The Morgan fingerprint density at radius 2 is 2.07 bits per heavy atom. The number of aliphatic hydroxyl groups is 1. The van der Waals surface area contributed by atoms with Crippen LogP contribution in [0.15, 0.2) is 23.7 Å². The summed E-state index contributed by atoms with van der Waals surface area (Å²) in [5.74, 6) is 1.33. The smallest absolute Gasteiger partial charge is 0.161 e. The number of aromatic nitrogens is 1. The third-order valence-electron chi connectivity index (χ3n) is 4.74. The van der Waals surface area contributed by atoms with Crippen LogP contribution in [0.25, 0.3) is 0 Å². The van der Waals surface area contributed by atoms with Gasteiger partial charge in [0.2, 0.25) is 0 Å². The maximum absolute atomic E-state index is 10.2. The van der Waals surface area contributed by atoms with Crippen molar-refractivity contribution < 1.29 is 14.6 Å². The third kappa shape index (κ3) is 7.05. The van der Waals surface area contributed by atoms with Crippen LogP contribution in [0.1, 0.15) is 30.0 Å². The molecule has 28 heavy (non-hydrogen) atoms. The van der Waals surface area contributed by atoms with Crippen LogP contribution in [0.2, 0.25) is 0 Å². The average molecular weight is 408 g/mol. The first kappa shape index (κ1) is 22.6. The molecular weight excluding hydrogens is 374 g/mol. The fraction of sp³-hybridized carbons (Fsp3) is 0.571.